The number of pyridine rings is 1. The number of amides is 1. The van der Waals surface area contributed by atoms with Crippen molar-refractivity contribution in [1.29, 1.82) is 0 Å². The quantitative estimate of drug-likeness (QED) is 0.660. The molecule has 0 bridgehead atoms. The van der Waals surface area contributed by atoms with E-state index in [2.05, 4.69) is 0 Å². The van der Waals surface area contributed by atoms with Crippen molar-refractivity contribution in [3.63, 3.8) is 0 Å². The fraction of sp³-hybridized carbons (Fsp3) is 0.333. The summed E-state index contributed by atoms with van der Waals surface area (Å²) in [6.07, 6.45) is 2.17. The summed E-state index contributed by atoms with van der Waals surface area (Å²) in [5.41, 5.74) is 3.06. The number of carbonyl (C=O) groups excluding carboxylic acids is 1. The molecule has 6 heteroatoms. The largest absolute Gasteiger partial charge is 0.486 e. The fourth-order valence-corrected chi connectivity index (χ4v) is 4.09. The Labute approximate surface area is 175 Å². The number of nitrogens with zero attached hydrogens (tertiary/aromatic N) is 2. The number of hydrogen-bond acceptors (Lipinski definition) is 5. The predicted octanol–water partition coefficient (Wildman–Crippen LogP) is 3.92. The van der Waals surface area contributed by atoms with E-state index in [-0.39, 0.29) is 12.0 Å². The summed E-state index contributed by atoms with van der Waals surface area (Å²) in [6, 6.07) is 15.4. The number of ether oxygens (including phenoxy) is 3. The van der Waals surface area contributed by atoms with Crippen molar-refractivity contribution in [2.75, 3.05) is 33.4 Å². The van der Waals surface area contributed by atoms with Gasteiger partial charge in [0.2, 0.25) is 0 Å². The summed E-state index contributed by atoms with van der Waals surface area (Å²) in [5, 5.41) is 0.850. The van der Waals surface area contributed by atoms with Crippen molar-refractivity contribution in [3.8, 4) is 22.8 Å². The van der Waals surface area contributed by atoms with Crippen molar-refractivity contribution in [2.45, 2.75) is 18.9 Å². The summed E-state index contributed by atoms with van der Waals surface area (Å²) in [6.45, 7) is 2.45. The molecule has 2 aliphatic heterocycles. The van der Waals surface area contributed by atoms with Gasteiger partial charge in [-0.3, -0.25) is 4.79 Å². The van der Waals surface area contributed by atoms with Gasteiger partial charge in [-0.25, -0.2) is 4.98 Å². The molecule has 1 aromatic heterocycles. The van der Waals surface area contributed by atoms with Gasteiger partial charge < -0.3 is 19.1 Å². The van der Waals surface area contributed by atoms with Crippen LogP contribution < -0.4 is 9.47 Å². The van der Waals surface area contributed by atoms with Gasteiger partial charge in [0.1, 0.15) is 13.2 Å². The minimum atomic E-state index is -0.0251. The average Bonchev–Trinajstić information content (AvgIpc) is 3.30. The lowest BCUT2D eigenvalue weighted by Crippen LogP contribution is -2.34. The summed E-state index contributed by atoms with van der Waals surface area (Å²) in [5.74, 6) is 1.42. The Hall–Kier alpha value is -3.12. The Balaban J connectivity index is 1.53. The number of para-hydroxylation sites is 1. The number of aromatic nitrogens is 1. The van der Waals surface area contributed by atoms with Crippen LogP contribution in [0.1, 0.15) is 23.2 Å². The maximum atomic E-state index is 13.4. The van der Waals surface area contributed by atoms with Gasteiger partial charge in [-0.15, -0.1) is 0 Å². The topological polar surface area (TPSA) is 60.9 Å². The summed E-state index contributed by atoms with van der Waals surface area (Å²) >= 11 is 0. The molecule has 1 amide bonds. The molecule has 3 aromatic rings. The third-order valence-corrected chi connectivity index (χ3v) is 5.63. The molecule has 0 radical (unpaired) electrons. The Morgan fingerprint density at radius 3 is 2.73 bits per heavy atom. The zero-order valence-corrected chi connectivity index (χ0v) is 17.0. The van der Waals surface area contributed by atoms with E-state index in [0.717, 1.165) is 47.4 Å². The summed E-state index contributed by atoms with van der Waals surface area (Å²) in [7, 11) is 1.84. The highest BCUT2D eigenvalue weighted by Gasteiger charge is 2.23. The van der Waals surface area contributed by atoms with Crippen LogP contribution in [-0.2, 0) is 4.74 Å². The van der Waals surface area contributed by atoms with Gasteiger partial charge in [0.25, 0.3) is 5.91 Å². The van der Waals surface area contributed by atoms with Crippen LogP contribution >= 0.6 is 0 Å². The molecule has 30 heavy (non-hydrogen) atoms. The van der Waals surface area contributed by atoms with Gasteiger partial charge in [-0.1, -0.05) is 18.2 Å². The zero-order chi connectivity index (χ0) is 20.5. The molecule has 1 unspecified atom stereocenters. The molecule has 2 aromatic carbocycles. The van der Waals surface area contributed by atoms with Crippen molar-refractivity contribution >= 4 is 16.8 Å². The number of fused-ring (bicyclic) bond motifs is 2. The zero-order valence-electron chi connectivity index (χ0n) is 17.0. The molecule has 6 nitrogen and oxygen atoms in total. The van der Waals surface area contributed by atoms with E-state index in [1.165, 1.54) is 0 Å². The van der Waals surface area contributed by atoms with E-state index >= 15 is 0 Å². The summed E-state index contributed by atoms with van der Waals surface area (Å²) in [4.78, 5) is 19.9. The molecule has 1 atom stereocenters. The number of likely N-dealkylation sites (N-methyl/N-ethyl adjacent to an activating group) is 1. The van der Waals surface area contributed by atoms with E-state index in [1.54, 1.807) is 4.90 Å². The van der Waals surface area contributed by atoms with Crippen LogP contribution in [0.4, 0.5) is 0 Å². The second kappa shape index (κ2) is 7.95. The van der Waals surface area contributed by atoms with Gasteiger partial charge in [-0.2, -0.15) is 0 Å². The molecule has 1 fully saturated rings. The van der Waals surface area contributed by atoms with Gasteiger partial charge in [0, 0.05) is 31.1 Å². The van der Waals surface area contributed by atoms with E-state index in [4.69, 9.17) is 19.2 Å². The highest BCUT2D eigenvalue weighted by atomic mass is 16.6. The molecule has 1 saturated heterocycles. The van der Waals surface area contributed by atoms with Gasteiger partial charge in [0.15, 0.2) is 11.5 Å². The monoisotopic (exact) mass is 404 g/mol. The lowest BCUT2D eigenvalue weighted by molar-refractivity contribution is 0.0588. The Morgan fingerprint density at radius 1 is 1.07 bits per heavy atom. The summed E-state index contributed by atoms with van der Waals surface area (Å²) < 4.78 is 17.1. The van der Waals surface area contributed by atoms with Crippen LogP contribution in [0.25, 0.3) is 22.2 Å². The Bertz CT molecular complexity index is 1090. The van der Waals surface area contributed by atoms with E-state index in [0.29, 0.717) is 31.1 Å². The van der Waals surface area contributed by atoms with Gasteiger partial charge >= 0.3 is 0 Å². The molecule has 3 heterocycles. The average molecular weight is 404 g/mol. The first-order valence-corrected chi connectivity index (χ1v) is 10.4. The molecular weight excluding hydrogens is 380 g/mol. The SMILES string of the molecule is CN(CC1CCCO1)C(=O)c1cc(-c2ccc3c(c2)OCCO3)nc2ccccc12. The minimum absolute atomic E-state index is 0.0251. The van der Waals surface area contributed by atoms with E-state index in [1.807, 2.05) is 55.6 Å². The first kappa shape index (κ1) is 18.9. The Morgan fingerprint density at radius 2 is 1.90 bits per heavy atom. The standard InChI is InChI=1S/C24H24N2O4/c1-26(15-17-5-4-10-28-17)24(27)19-14-21(25-20-7-3-2-6-18(19)20)16-8-9-22-23(13-16)30-12-11-29-22/h2-3,6-9,13-14,17H,4-5,10-12,15H2,1H3. The van der Waals surface area contributed by atoms with E-state index in [9.17, 15) is 4.79 Å². The van der Waals surface area contributed by atoms with Crippen LogP contribution in [0.2, 0.25) is 0 Å². The van der Waals surface area contributed by atoms with Crippen LogP contribution in [0.5, 0.6) is 11.5 Å². The predicted molar refractivity (Wildman–Crippen MR) is 114 cm³/mol. The number of carbonyl (C=O) groups is 1. The van der Waals surface area contributed by atoms with Crippen LogP contribution in [-0.4, -0.2) is 55.3 Å². The van der Waals surface area contributed by atoms with Crippen molar-refractivity contribution < 1.29 is 19.0 Å². The van der Waals surface area contributed by atoms with Crippen LogP contribution in [0, 0.1) is 0 Å². The highest BCUT2D eigenvalue weighted by Crippen LogP contribution is 2.35. The smallest absolute Gasteiger partial charge is 0.254 e. The Kier molecular flexibility index (Phi) is 5.01. The molecule has 0 spiro atoms. The third-order valence-electron chi connectivity index (χ3n) is 5.63. The third kappa shape index (κ3) is 3.59. The molecule has 2 aliphatic rings. The molecule has 0 aliphatic carbocycles. The van der Waals surface area contributed by atoms with Crippen molar-refractivity contribution in [3.05, 3.63) is 54.1 Å². The van der Waals surface area contributed by atoms with Crippen molar-refractivity contribution in [1.82, 2.24) is 9.88 Å². The van der Waals surface area contributed by atoms with Crippen molar-refractivity contribution in [2.24, 2.45) is 0 Å². The fourth-order valence-electron chi connectivity index (χ4n) is 4.09. The number of hydrogen-bond donors (Lipinski definition) is 0. The maximum Gasteiger partial charge on any atom is 0.254 e. The number of rotatable bonds is 4. The molecule has 5 rings (SSSR count). The lowest BCUT2D eigenvalue weighted by Gasteiger charge is -2.22. The number of benzene rings is 2. The second-order valence-corrected chi connectivity index (χ2v) is 7.75. The molecule has 0 N–H and O–H groups in total. The normalized spacial score (nSPS) is 17.8. The second-order valence-electron chi connectivity index (χ2n) is 7.75. The van der Waals surface area contributed by atoms with Crippen LogP contribution in [0.15, 0.2) is 48.5 Å². The van der Waals surface area contributed by atoms with Gasteiger partial charge in [0.05, 0.1) is 22.9 Å². The minimum Gasteiger partial charge on any atom is -0.486 e. The van der Waals surface area contributed by atoms with Crippen LogP contribution in [0.3, 0.4) is 0 Å². The highest BCUT2D eigenvalue weighted by molar-refractivity contribution is 6.07. The lowest BCUT2D eigenvalue weighted by atomic mass is 10.0. The van der Waals surface area contributed by atoms with E-state index < -0.39 is 0 Å². The molecular formula is C24H24N2O4. The first-order valence-electron chi connectivity index (χ1n) is 10.4. The molecule has 154 valence electrons. The first-order chi connectivity index (χ1) is 14.7. The van der Waals surface area contributed by atoms with Gasteiger partial charge in [-0.05, 0) is 43.2 Å². The molecule has 0 saturated carbocycles. The maximum absolute atomic E-state index is 13.4.